The van der Waals surface area contributed by atoms with E-state index in [4.69, 9.17) is 4.74 Å². The normalized spacial score (nSPS) is 15.3. The lowest BCUT2D eigenvalue weighted by atomic mass is 9.80. The third kappa shape index (κ3) is 2.07. The molecule has 1 aliphatic rings. The lowest BCUT2D eigenvalue weighted by molar-refractivity contribution is 0.455. The molecular formula is C25H17NO. The largest absolute Gasteiger partial charge is 0.457 e. The molecule has 1 N–H and O–H groups in total. The Hall–Kier alpha value is -3.52. The second kappa shape index (κ2) is 5.49. The van der Waals surface area contributed by atoms with Crippen LogP contribution in [0.15, 0.2) is 91.1 Å². The molecule has 27 heavy (non-hydrogen) atoms. The van der Waals surface area contributed by atoms with Crippen LogP contribution in [-0.4, -0.2) is 4.98 Å². The van der Waals surface area contributed by atoms with Crippen LogP contribution in [0.1, 0.15) is 22.6 Å². The fourth-order valence-electron chi connectivity index (χ4n) is 4.40. The van der Waals surface area contributed by atoms with Crippen LogP contribution in [0.3, 0.4) is 0 Å². The Morgan fingerprint density at radius 2 is 1.41 bits per heavy atom. The zero-order valence-electron chi connectivity index (χ0n) is 14.6. The predicted molar refractivity (Wildman–Crippen MR) is 110 cm³/mol. The first-order valence-electron chi connectivity index (χ1n) is 9.24. The van der Waals surface area contributed by atoms with Crippen molar-refractivity contribution in [2.24, 2.45) is 0 Å². The Kier molecular flexibility index (Phi) is 2.97. The molecule has 5 aromatic rings. The second-order valence-corrected chi connectivity index (χ2v) is 7.06. The highest BCUT2D eigenvalue weighted by atomic mass is 16.5. The number of fused-ring (bicyclic) bond motifs is 5. The fraction of sp³-hybridized carbons (Fsp3) is 0.0400. The van der Waals surface area contributed by atoms with Crippen molar-refractivity contribution in [3.63, 3.8) is 0 Å². The van der Waals surface area contributed by atoms with E-state index < -0.39 is 0 Å². The highest BCUT2D eigenvalue weighted by molar-refractivity contribution is 5.92. The summed E-state index contributed by atoms with van der Waals surface area (Å²) in [5, 5.41) is 3.75. The minimum atomic E-state index is 0.132. The molecule has 0 fully saturated rings. The molecular weight excluding hydrogens is 330 g/mol. The maximum atomic E-state index is 6.32. The van der Waals surface area contributed by atoms with Gasteiger partial charge in [0.15, 0.2) is 0 Å². The third-order valence-electron chi connectivity index (χ3n) is 5.60. The van der Waals surface area contributed by atoms with Gasteiger partial charge in [-0.1, -0.05) is 66.7 Å². The molecule has 0 bridgehead atoms. The van der Waals surface area contributed by atoms with E-state index in [1.807, 2.05) is 6.07 Å². The van der Waals surface area contributed by atoms with Crippen LogP contribution in [0.4, 0.5) is 0 Å². The maximum Gasteiger partial charge on any atom is 0.132 e. The van der Waals surface area contributed by atoms with Crippen LogP contribution < -0.4 is 4.74 Å². The summed E-state index contributed by atoms with van der Waals surface area (Å²) in [6.07, 6.45) is 2.16. The van der Waals surface area contributed by atoms with Crippen molar-refractivity contribution in [3.05, 3.63) is 108 Å². The highest BCUT2D eigenvalue weighted by Gasteiger charge is 2.31. The lowest BCUT2D eigenvalue weighted by Gasteiger charge is -2.29. The summed E-state index contributed by atoms with van der Waals surface area (Å²) in [6, 6.07) is 29.7. The van der Waals surface area contributed by atoms with Crippen molar-refractivity contribution in [2.75, 3.05) is 0 Å². The molecule has 128 valence electrons. The highest BCUT2D eigenvalue weighted by Crippen LogP contribution is 2.50. The van der Waals surface area contributed by atoms with Crippen LogP contribution in [0, 0.1) is 0 Å². The van der Waals surface area contributed by atoms with Crippen molar-refractivity contribution in [1.82, 2.24) is 4.98 Å². The monoisotopic (exact) mass is 347 g/mol. The van der Waals surface area contributed by atoms with Crippen molar-refractivity contribution in [3.8, 4) is 11.5 Å². The summed E-state index contributed by atoms with van der Waals surface area (Å²) >= 11 is 0. The van der Waals surface area contributed by atoms with Crippen molar-refractivity contribution in [1.29, 1.82) is 0 Å². The topological polar surface area (TPSA) is 25.0 Å². The SMILES string of the molecule is c1ccc2c(c1)Oc1ccc3ccccc3c1C2c1c[nH]c2ccccc12. The van der Waals surface area contributed by atoms with E-state index in [0.29, 0.717) is 0 Å². The van der Waals surface area contributed by atoms with E-state index in [0.717, 1.165) is 11.5 Å². The number of benzene rings is 4. The average molecular weight is 347 g/mol. The molecule has 0 saturated carbocycles. The lowest BCUT2D eigenvalue weighted by Crippen LogP contribution is -2.12. The number of aromatic nitrogens is 1. The van der Waals surface area contributed by atoms with Gasteiger partial charge in [-0.3, -0.25) is 0 Å². The van der Waals surface area contributed by atoms with Crippen LogP contribution in [0.5, 0.6) is 11.5 Å². The molecule has 4 aromatic carbocycles. The minimum Gasteiger partial charge on any atom is -0.457 e. The molecule has 0 aliphatic carbocycles. The van der Waals surface area contributed by atoms with Gasteiger partial charge < -0.3 is 9.72 Å². The summed E-state index contributed by atoms with van der Waals surface area (Å²) in [5.41, 5.74) is 4.92. The number of para-hydroxylation sites is 2. The molecule has 2 heterocycles. The molecule has 0 amide bonds. The predicted octanol–water partition coefficient (Wildman–Crippen LogP) is 6.61. The van der Waals surface area contributed by atoms with Crippen molar-refractivity contribution < 1.29 is 4.74 Å². The maximum absolute atomic E-state index is 6.32. The van der Waals surface area contributed by atoms with Crippen LogP contribution in [0.2, 0.25) is 0 Å². The van der Waals surface area contributed by atoms with Crippen LogP contribution in [0.25, 0.3) is 21.7 Å². The molecule has 0 spiro atoms. The number of ether oxygens (including phenoxy) is 1. The smallest absolute Gasteiger partial charge is 0.132 e. The first-order chi connectivity index (χ1) is 13.4. The van der Waals surface area contributed by atoms with Gasteiger partial charge in [-0.2, -0.15) is 0 Å². The van der Waals surface area contributed by atoms with Gasteiger partial charge in [0.1, 0.15) is 11.5 Å². The van der Waals surface area contributed by atoms with Crippen LogP contribution in [-0.2, 0) is 0 Å². The first kappa shape index (κ1) is 14.6. The van der Waals surface area contributed by atoms with Gasteiger partial charge in [-0.15, -0.1) is 0 Å². The molecule has 1 atom stereocenters. The summed E-state index contributed by atoms with van der Waals surface area (Å²) in [7, 11) is 0. The fourth-order valence-corrected chi connectivity index (χ4v) is 4.40. The Morgan fingerprint density at radius 1 is 0.630 bits per heavy atom. The van der Waals surface area contributed by atoms with Crippen LogP contribution >= 0.6 is 0 Å². The van der Waals surface area contributed by atoms with E-state index in [1.54, 1.807) is 0 Å². The van der Waals surface area contributed by atoms with Gasteiger partial charge in [-0.25, -0.2) is 0 Å². The number of nitrogens with one attached hydrogen (secondary N) is 1. The number of hydrogen-bond donors (Lipinski definition) is 1. The first-order valence-corrected chi connectivity index (χ1v) is 9.24. The molecule has 1 aromatic heterocycles. The third-order valence-corrected chi connectivity index (χ3v) is 5.60. The molecule has 2 heteroatoms. The zero-order valence-corrected chi connectivity index (χ0v) is 14.6. The summed E-state index contributed by atoms with van der Waals surface area (Å²) in [4.78, 5) is 3.45. The van der Waals surface area contributed by atoms with E-state index in [2.05, 4.69) is 90.0 Å². The number of aromatic amines is 1. The summed E-state index contributed by atoms with van der Waals surface area (Å²) in [5.74, 6) is 2.02. The number of hydrogen-bond acceptors (Lipinski definition) is 1. The molecule has 1 unspecified atom stereocenters. The Balaban J connectivity index is 1.74. The molecule has 2 nitrogen and oxygen atoms in total. The molecule has 6 rings (SSSR count). The Morgan fingerprint density at radius 3 is 2.37 bits per heavy atom. The van der Waals surface area contributed by atoms with Gasteiger partial charge >= 0.3 is 0 Å². The molecule has 0 saturated heterocycles. The number of H-pyrrole nitrogens is 1. The Bertz CT molecular complexity index is 1310. The standard InChI is InChI=1S/C25H17NO/c1-2-8-17-16(7-1)13-14-23-25(17)24(19-10-4-6-12-22(19)27-23)20-15-26-21-11-5-3-9-18(20)21/h1-15,24,26H. The summed E-state index contributed by atoms with van der Waals surface area (Å²) < 4.78 is 6.32. The average Bonchev–Trinajstić information content (AvgIpc) is 3.16. The van der Waals surface area contributed by atoms with Gasteiger partial charge in [-0.05, 0) is 34.5 Å². The van der Waals surface area contributed by atoms with Gasteiger partial charge in [0.2, 0.25) is 0 Å². The van der Waals surface area contributed by atoms with Crippen molar-refractivity contribution >= 4 is 21.7 Å². The van der Waals surface area contributed by atoms with E-state index in [-0.39, 0.29) is 5.92 Å². The van der Waals surface area contributed by atoms with Gasteiger partial charge in [0.25, 0.3) is 0 Å². The minimum absolute atomic E-state index is 0.132. The van der Waals surface area contributed by atoms with Gasteiger partial charge in [0, 0.05) is 34.1 Å². The number of rotatable bonds is 1. The molecule has 1 aliphatic heterocycles. The zero-order chi connectivity index (χ0) is 17.8. The van der Waals surface area contributed by atoms with Crippen molar-refractivity contribution in [2.45, 2.75) is 5.92 Å². The quantitative estimate of drug-likeness (QED) is 0.356. The summed E-state index contributed by atoms with van der Waals surface area (Å²) in [6.45, 7) is 0. The van der Waals surface area contributed by atoms with E-state index in [9.17, 15) is 0 Å². The van der Waals surface area contributed by atoms with E-state index in [1.165, 1.54) is 38.4 Å². The molecule has 0 radical (unpaired) electrons. The second-order valence-electron chi connectivity index (χ2n) is 7.06. The van der Waals surface area contributed by atoms with Gasteiger partial charge in [0.05, 0.1) is 0 Å². The Labute approximate surface area is 157 Å². The van der Waals surface area contributed by atoms with E-state index >= 15 is 0 Å².